The van der Waals surface area contributed by atoms with Gasteiger partial charge < -0.3 is 9.64 Å². The summed E-state index contributed by atoms with van der Waals surface area (Å²) in [5, 5.41) is 0. The average Bonchev–Trinajstić information content (AvgIpc) is 2.17. The molecule has 15 heavy (non-hydrogen) atoms. The molecule has 88 valence electrons. The Bertz CT molecular complexity index is 212. The first-order valence-electron chi connectivity index (χ1n) is 5.73. The van der Waals surface area contributed by atoms with E-state index in [4.69, 9.17) is 4.74 Å². The minimum Gasteiger partial charge on any atom is -0.384 e. The Labute approximate surface area is 92.8 Å². The molecule has 1 fully saturated rings. The minimum absolute atomic E-state index is 0.242. The van der Waals surface area contributed by atoms with Crippen molar-refractivity contribution < 1.29 is 9.53 Å². The van der Waals surface area contributed by atoms with Crippen molar-refractivity contribution >= 4 is 5.91 Å². The predicted octanol–water partition coefficient (Wildman–Crippen LogP) is 1.92. The first kappa shape index (κ1) is 12.5. The van der Waals surface area contributed by atoms with Crippen molar-refractivity contribution in [3.05, 3.63) is 0 Å². The number of nitrogens with zero attached hydrogens (tertiary/aromatic N) is 1. The lowest BCUT2D eigenvalue weighted by molar-refractivity contribution is -0.141. The summed E-state index contributed by atoms with van der Waals surface area (Å²) in [7, 11) is 1.74. The van der Waals surface area contributed by atoms with Gasteiger partial charge in [0.05, 0.1) is 0 Å². The molecule has 0 aliphatic carbocycles. The highest BCUT2D eigenvalue weighted by Gasteiger charge is 2.30. The maximum atomic E-state index is 12.0. The maximum Gasteiger partial charge on any atom is 0.227 e. The van der Waals surface area contributed by atoms with Crippen molar-refractivity contribution in [3.63, 3.8) is 0 Å². The second kappa shape index (κ2) is 4.97. The van der Waals surface area contributed by atoms with Gasteiger partial charge in [0, 0.05) is 32.2 Å². The zero-order valence-electron chi connectivity index (χ0n) is 10.4. The van der Waals surface area contributed by atoms with Crippen LogP contribution in [0.5, 0.6) is 0 Å². The topological polar surface area (TPSA) is 29.5 Å². The second-order valence-corrected chi connectivity index (χ2v) is 5.44. The highest BCUT2D eigenvalue weighted by Crippen LogP contribution is 2.23. The molecule has 1 aliphatic heterocycles. The van der Waals surface area contributed by atoms with Gasteiger partial charge in [-0.25, -0.2) is 0 Å². The van der Waals surface area contributed by atoms with Crippen LogP contribution < -0.4 is 0 Å². The van der Waals surface area contributed by atoms with Crippen LogP contribution in [0, 0.1) is 11.3 Å². The van der Waals surface area contributed by atoms with Gasteiger partial charge in [0.15, 0.2) is 0 Å². The third-order valence-corrected chi connectivity index (χ3v) is 2.95. The molecule has 0 spiro atoms. The van der Waals surface area contributed by atoms with E-state index in [9.17, 15) is 4.79 Å². The Morgan fingerprint density at radius 3 is 2.27 bits per heavy atom. The third-order valence-electron chi connectivity index (χ3n) is 2.95. The number of rotatable bonds is 2. The van der Waals surface area contributed by atoms with E-state index in [1.807, 2.05) is 25.7 Å². The lowest BCUT2D eigenvalue weighted by Gasteiger charge is -2.35. The van der Waals surface area contributed by atoms with Gasteiger partial charge in [-0.15, -0.1) is 0 Å². The molecule has 0 unspecified atom stereocenters. The van der Waals surface area contributed by atoms with Gasteiger partial charge in [0.1, 0.15) is 0 Å². The molecule has 0 aromatic carbocycles. The smallest absolute Gasteiger partial charge is 0.227 e. The highest BCUT2D eigenvalue weighted by atomic mass is 16.5. The molecule has 0 aromatic heterocycles. The van der Waals surface area contributed by atoms with Crippen LogP contribution in [-0.2, 0) is 9.53 Å². The normalized spacial score (nSPS) is 19.3. The molecule has 3 heteroatoms. The highest BCUT2D eigenvalue weighted by molar-refractivity contribution is 5.81. The molecule has 1 aliphatic rings. The first-order valence-corrected chi connectivity index (χ1v) is 5.73. The largest absolute Gasteiger partial charge is 0.384 e. The van der Waals surface area contributed by atoms with Gasteiger partial charge in [-0.1, -0.05) is 20.8 Å². The summed E-state index contributed by atoms with van der Waals surface area (Å²) in [5.74, 6) is 0.914. The molecule has 0 N–H and O–H groups in total. The van der Waals surface area contributed by atoms with Crippen LogP contribution in [0.1, 0.15) is 33.6 Å². The third kappa shape index (κ3) is 3.49. The van der Waals surface area contributed by atoms with Gasteiger partial charge in [0.25, 0.3) is 0 Å². The Morgan fingerprint density at radius 1 is 1.33 bits per heavy atom. The summed E-state index contributed by atoms with van der Waals surface area (Å²) >= 11 is 0. The number of piperidine rings is 1. The molecule has 3 nitrogen and oxygen atoms in total. The van der Waals surface area contributed by atoms with E-state index in [0.717, 1.165) is 32.5 Å². The summed E-state index contributed by atoms with van der Waals surface area (Å²) in [6, 6.07) is 0. The van der Waals surface area contributed by atoms with Gasteiger partial charge in [-0.05, 0) is 18.8 Å². The summed E-state index contributed by atoms with van der Waals surface area (Å²) in [5.41, 5.74) is -0.242. The molecule has 0 aromatic rings. The van der Waals surface area contributed by atoms with Crippen LogP contribution in [0.15, 0.2) is 0 Å². The standard InChI is InChI=1S/C12H23NO2/c1-12(2,3)11(14)13-7-5-10(6-8-13)9-15-4/h10H,5-9H2,1-4H3. The maximum absolute atomic E-state index is 12.0. The van der Waals surface area contributed by atoms with Crippen molar-refractivity contribution in [1.29, 1.82) is 0 Å². The summed E-state index contributed by atoms with van der Waals surface area (Å²) in [6.07, 6.45) is 2.16. The molecule has 1 amide bonds. The number of carbonyl (C=O) groups excluding carboxylic acids is 1. The van der Waals surface area contributed by atoms with Crippen molar-refractivity contribution in [2.75, 3.05) is 26.8 Å². The van der Waals surface area contributed by atoms with Crippen molar-refractivity contribution in [1.82, 2.24) is 4.90 Å². The Hall–Kier alpha value is -0.570. The molecule has 0 bridgehead atoms. The molecular formula is C12H23NO2. The second-order valence-electron chi connectivity index (χ2n) is 5.44. The van der Waals surface area contributed by atoms with E-state index in [1.165, 1.54) is 0 Å². The van der Waals surface area contributed by atoms with Crippen LogP contribution in [0.2, 0.25) is 0 Å². The minimum atomic E-state index is -0.242. The molecule has 1 rings (SSSR count). The number of methoxy groups -OCH3 is 1. The number of ether oxygens (including phenoxy) is 1. The molecule has 0 saturated carbocycles. The monoisotopic (exact) mass is 213 g/mol. The Morgan fingerprint density at radius 2 is 1.87 bits per heavy atom. The number of hydrogen-bond acceptors (Lipinski definition) is 2. The lowest BCUT2D eigenvalue weighted by atomic mass is 9.91. The quantitative estimate of drug-likeness (QED) is 0.701. The van der Waals surface area contributed by atoms with Crippen molar-refractivity contribution in [2.45, 2.75) is 33.6 Å². The Kier molecular flexibility index (Phi) is 4.14. The van der Waals surface area contributed by atoms with Crippen LogP contribution in [0.4, 0.5) is 0 Å². The molecule has 1 saturated heterocycles. The average molecular weight is 213 g/mol. The fraction of sp³-hybridized carbons (Fsp3) is 0.917. The van der Waals surface area contributed by atoms with E-state index in [-0.39, 0.29) is 11.3 Å². The van der Waals surface area contributed by atoms with E-state index < -0.39 is 0 Å². The van der Waals surface area contributed by atoms with E-state index in [2.05, 4.69) is 0 Å². The summed E-state index contributed by atoms with van der Waals surface area (Å²) in [4.78, 5) is 14.0. The molecule has 0 atom stereocenters. The summed E-state index contributed by atoms with van der Waals surface area (Å²) in [6.45, 7) is 8.57. The summed E-state index contributed by atoms with van der Waals surface area (Å²) < 4.78 is 5.14. The number of likely N-dealkylation sites (tertiary alicyclic amines) is 1. The van der Waals surface area contributed by atoms with Gasteiger partial charge in [0.2, 0.25) is 5.91 Å². The van der Waals surface area contributed by atoms with Crippen molar-refractivity contribution in [3.8, 4) is 0 Å². The number of carbonyl (C=O) groups is 1. The molecular weight excluding hydrogens is 190 g/mol. The van der Waals surface area contributed by atoms with Crippen LogP contribution in [0.25, 0.3) is 0 Å². The van der Waals surface area contributed by atoms with Gasteiger partial charge in [-0.2, -0.15) is 0 Å². The van der Waals surface area contributed by atoms with Gasteiger partial charge in [-0.3, -0.25) is 4.79 Å². The van der Waals surface area contributed by atoms with Crippen LogP contribution >= 0.6 is 0 Å². The molecule has 1 heterocycles. The van der Waals surface area contributed by atoms with Crippen LogP contribution in [-0.4, -0.2) is 37.6 Å². The number of hydrogen-bond donors (Lipinski definition) is 0. The zero-order valence-corrected chi connectivity index (χ0v) is 10.4. The van der Waals surface area contributed by atoms with Gasteiger partial charge >= 0.3 is 0 Å². The Balaban J connectivity index is 2.41. The molecule has 0 radical (unpaired) electrons. The lowest BCUT2D eigenvalue weighted by Crippen LogP contribution is -2.44. The van der Waals surface area contributed by atoms with E-state index in [0.29, 0.717) is 5.92 Å². The SMILES string of the molecule is COCC1CCN(C(=O)C(C)(C)C)CC1. The fourth-order valence-electron chi connectivity index (χ4n) is 2.01. The van der Waals surface area contributed by atoms with E-state index in [1.54, 1.807) is 7.11 Å². The number of amides is 1. The first-order chi connectivity index (χ1) is 6.95. The van der Waals surface area contributed by atoms with Crippen LogP contribution in [0.3, 0.4) is 0 Å². The van der Waals surface area contributed by atoms with E-state index >= 15 is 0 Å². The fourth-order valence-corrected chi connectivity index (χ4v) is 2.01. The zero-order chi connectivity index (χ0) is 11.5. The predicted molar refractivity (Wildman–Crippen MR) is 60.6 cm³/mol. The van der Waals surface area contributed by atoms with Crippen molar-refractivity contribution in [2.24, 2.45) is 11.3 Å².